The molecular weight excluding hydrogens is 647 g/mol. The van der Waals surface area contributed by atoms with Crippen molar-refractivity contribution in [1.29, 1.82) is 0 Å². The topological polar surface area (TPSA) is 56.5 Å². The molecule has 0 amide bonds. The Morgan fingerprint density at radius 3 is 1.57 bits per heavy atom. The van der Waals surface area contributed by atoms with Crippen molar-refractivity contribution in [3.05, 3.63) is 188 Å². The molecule has 248 valence electrons. The fourth-order valence-electron chi connectivity index (χ4n) is 7.44. The van der Waals surface area contributed by atoms with Crippen molar-refractivity contribution >= 4 is 32.6 Å². The Morgan fingerprint density at radius 2 is 0.830 bits per heavy atom. The average molecular weight is 678 g/mol. The molecule has 0 spiro atoms. The van der Waals surface area contributed by atoms with Gasteiger partial charge in [0.25, 0.3) is 0 Å². The number of nitrogens with zero attached hydrogens (tertiary/aromatic N) is 5. The minimum absolute atomic E-state index is 0.628. The van der Waals surface area contributed by atoms with Crippen LogP contribution in [0.1, 0.15) is 0 Å². The Labute approximate surface area is 306 Å². The van der Waals surface area contributed by atoms with Crippen LogP contribution in [0.3, 0.4) is 0 Å². The van der Waals surface area contributed by atoms with Gasteiger partial charge in [0.05, 0.1) is 11.0 Å². The first-order chi connectivity index (χ1) is 26.3. The van der Waals surface area contributed by atoms with Crippen LogP contribution >= 0.6 is 0 Å². The zero-order valence-corrected chi connectivity index (χ0v) is 28.6. The summed E-state index contributed by atoms with van der Waals surface area (Å²) in [5.74, 6) is 1.90. The van der Waals surface area contributed by atoms with E-state index >= 15 is 0 Å². The average Bonchev–Trinajstić information content (AvgIpc) is 3.58. The summed E-state index contributed by atoms with van der Waals surface area (Å²) >= 11 is 0. The normalized spacial score (nSPS) is 11.4. The molecule has 0 bridgehead atoms. The number of fused-ring (bicyclic) bond motifs is 4. The third kappa shape index (κ3) is 5.43. The molecule has 0 N–H and O–H groups in total. The highest BCUT2D eigenvalue weighted by molar-refractivity contribution is 6.12. The lowest BCUT2D eigenvalue weighted by molar-refractivity contribution is 1.08. The highest BCUT2D eigenvalue weighted by atomic mass is 15.0. The summed E-state index contributed by atoms with van der Waals surface area (Å²) in [4.78, 5) is 19.4. The van der Waals surface area contributed by atoms with Crippen LogP contribution in [-0.2, 0) is 0 Å². The molecular formula is C48H31N5. The number of aromatic nitrogens is 5. The summed E-state index contributed by atoms with van der Waals surface area (Å²) < 4.78 is 2.35. The van der Waals surface area contributed by atoms with Gasteiger partial charge in [-0.2, -0.15) is 0 Å². The molecule has 0 aliphatic heterocycles. The first-order valence-corrected chi connectivity index (χ1v) is 17.7. The Hall–Kier alpha value is -7.24. The summed E-state index contributed by atoms with van der Waals surface area (Å²) in [7, 11) is 0. The van der Waals surface area contributed by atoms with Gasteiger partial charge in [-0.1, -0.05) is 127 Å². The highest BCUT2D eigenvalue weighted by Crippen LogP contribution is 2.39. The third-order valence-corrected chi connectivity index (χ3v) is 9.99. The van der Waals surface area contributed by atoms with Crippen LogP contribution in [0.5, 0.6) is 0 Å². The van der Waals surface area contributed by atoms with Crippen molar-refractivity contribution in [2.75, 3.05) is 0 Å². The lowest BCUT2D eigenvalue weighted by atomic mass is 9.94. The summed E-state index contributed by atoms with van der Waals surface area (Å²) in [5.41, 5.74) is 10.9. The quantitative estimate of drug-likeness (QED) is 0.176. The van der Waals surface area contributed by atoms with Gasteiger partial charge >= 0.3 is 0 Å². The number of pyridine rings is 1. The van der Waals surface area contributed by atoms with Gasteiger partial charge in [-0.05, 0) is 81.6 Å². The summed E-state index contributed by atoms with van der Waals surface area (Å²) in [6.45, 7) is 0. The van der Waals surface area contributed by atoms with Crippen LogP contribution in [0.25, 0.3) is 94.7 Å². The molecule has 0 unspecified atom stereocenters. The fraction of sp³-hybridized carbons (Fsp3) is 0. The molecule has 53 heavy (non-hydrogen) atoms. The monoisotopic (exact) mass is 677 g/mol. The molecule has 0 atom stereocenters. The standard InChI is InChI=1S/C48H31N5/c1-3-11-34(12-4-1)46-50-47(35-21-19-32(20-22-35)33-27-29-49-30-28-33)52-48(51-46)42-25-24-38(39-15-7-8-16-40(39)42)36-23-26-45-43(31-36)41-17-9-10-18-44(41)53(45)37-13-5-2-6-14-37/h1-31H. The maximum atomic E-state index is 5.13. The van der Waals surface area contributed by atoms with E-state index in [1.54, 1.807) is 0 Å². The number of rotatable bonds is 6. The van der Waals surface area contributed by atoms with Gasteiger partial charge < -0.3 is 4.57 Å². The lowest BCUT2D eigenvalue weighted by Crippen LogP contribution is -2.00. The second-order valence-corrected chi connectivity index (χ2v) is 13.1. The maximum absolute atomic E-state index is 5.13. The largest absolute Gasteiger partial charge is 0.309 e. The van der Waals surface area contributed by atoms with E-state index in [-0.39, 0.29) is 0 Å². The van der Waals surface area contributed by atoms with Gasteiger partial charge in [-0.15, -0.1) is 0 Å². The maximum Gasteiger partial charge on any atom is 0.164 e. The Morgan fingerprint density at radius 1 is 0.321 bits per heavy atom. The van der Waals surface area contributed by atoms with Crippen molar-refractivity contribution in [2.45, 2.75) is 0 Å². The number of benzene rings is 7. The van der Waals surface area contributed by atoms with E-state index in [1.807, 2.05) is 54.9 Å². The Balaban J connectivity index is 1.12. The summed E-state index contributed by atoms with van der Waals surface area (Å²) in [6.07, 6.45) is 3.62. The first-order valence-electron chi connectivity index (χ1n) is 17.7. The van der Waals surface area contributed by atoms with Gasteiger partial charge in [0.1, 0.15) is 0 Å². The van der Waals surface area contributed by atoms with E-state index in [0.29, 0.717) is 17.5 Å². The molecule has 0 aliphatic rings. The second-order valence-electron chi connectivity index (χ2n) is 13.1. The SMILES string of the molecule is c1ccc(-c2nc(-c3ccc(-c4ccncc4)cc3)nc(-c3ccc(-c4ccc5c(c4)c4ccccc4n5-c4ccccc4)c4ccccc34)n2)cc1. The molecule has 0 radical (unpaired) electrons. The molecule has 5 nitrogen and oxygen atoms in total. The molecule has 7 aromatic carbocycles. The predicted octanol–water partition coefficient (Wildman–Crippen LogP) is 11.9. The van der Waals surface area contributed by atoms with Crippen LogP contribution in [-0.4, -0.2) is 24.5 Å². The fourth-order valence-corrected chi connectivity index (χ4v) is 7.44. The Kier molecular flexibility index (Phi) is 7.40. The van der Waals surface area contributed by atoms with E-state index < -0.39 is 0 Å². The van der Waals surface area contributed by atoms with Crippen LogP contribution in [0.2, 0.25) is 0 Å². The number of hydrogen-bond acceptors (Lipinski definition) is 4. The number of para-hydroxylation sites is 2. The van der Waals surface area contributed by atoms with Crippen molar-refractivity contribution in [2.24, 2.45) is 0 Å². The molecule has 3 aromatic heterocycles. The minimum Gasteiger partial charge on any atom is -0.309 e. The van der Waals surface area contributed by atoms with Crippen molar-refractivity contribution in [1.82, 2.24) is 24.5 Å². The smallest absolute Gasteiger partial charge is 0.164 e. The van der Waals surface area contributed by atoms with Crippen LogP contribution < -0.4 is 0 Å². The highest BCUT2D eigenvalue weighted by Gasteiger charge is 2.18. The third-order valence-electron chi connectivity index (χ3n) is 9.99. The molecule has 10 rings (SSSR count). The summed E-state index contributed by atoms with van der Waals surface area (Å²) in [6, 6.07) is 61.5. The Bertz CT molecular complexity index is 2920. The molecule has 0 fully saturated rings. The molecule has 10 aromatic rings. The summed E-state index contributed by atoms with van der Waals surface area (Å²) in [5, 5.41) is 4.68. The van der Waals surface area contributed by atoms with Gasteiger partial charge in [-0.25, -0.2) is 15.0 Å². The zero-order valence-electron chi connectivity index (χ0n) is 28.6. The van der Waals surface area contributed by atoms with Crippen LogP contribution in [0.4, 0.5) is 0 Å². The van der Waals surface area contributed by atoms with Crippen molar-refractivity contribution < 1.29 is 0 Å². The van der Waals surface area contributed by atoms with E-state index in [0.717, 1.165) is 55.4 Å². The van der Waals surface area contributed by atoms with E-state index in [1.165, 1.54) is 21.8 Å². The van der Waals surface area contributed by atoms with E-state index in [4.69, 9.17) is 15.0 Å². The van der Waals surface area contributed by atoms with Gasteiger partial charge in [0, 0.05) is 45.5 Å². The van der Waals surface area contributed by atoms with Crippen LogP contribution in [0.15, 0.2) is 188 Å². The molecule has 3 heterocycles. The number of hydrogen-bond donors (Lipinski definition) is 0. The predicted molar refractivity (Wildman–Crippen MR) is 217 cm³/mol. The zero-order chi connectivity index (χ0) is 35.1. The minimum atomic E-state index is 0.628. The first kappa shape index (κ1) is 30.6. The van der Waals surface area contributed by atoms with Gasteiger partial charge in [0.15, 0.2) is 17.5 Å². The van der Waals surface area contributed by atoms with Crippen molar-refractivity contribution in [3.8, 4) is 62.1 Å². The van der Waals surface area contributed by atoms with Gasteiger partial charge in [0.2, 0.25) is 0 Å². The van der Waals surface area contributed by atoms with Crippen LogP contribution in [0, 0.1) is 0 Å². The van der Waals surface area contributed by atoms with E-state index in [9.17, 15) is 0 Å². The van der Waals surface area contributed by atoms with E-state index in [2.05, 4.69) is 143 Å². The lowest BCUT2D eigenvalue weighted by Gasteiger charge is -2.14. The molecule has 5 heteroatoms. The molecule has 0 saturated heterocycles. The second kappa shape index (κ2) is 12.8. The molecule has 0 saturated carbocycles. The molecule has 0 aliphatic carbocycles. The van der Waals surface area contributed by atoms with Gasteiger partial charge in [-0.3, -0.25) is 4.98 Å². The van der Waals surface area contributed by atoms with Crippen molar-refractivity contribution in [3.63, 3.8) is 0 Å².